The maximum Gasteiger partial charge on any atom is 0.276 e. The van der Waals surface area contributed by atoms with Crippen molar-refractivity contribution < 1.29 is 14.0 Å². The van der Waals surface area contributed by atoms with E-state index in [2.05, 4.69) is 15.9 Å². The van der Waals surface area contributed by atoms with Gasteiger partial charge in [0.25, 0.3) is 11.8 Å². The molecule has 37 heavy (non-hydrogen) atoms. The highest BCUT2D eigenvalue weighted by Crippen LogP contribution is 2.50. The molecule has 6 rings (SSSR count). The maximum absolute atomic E-state index is 14.2. The van der Waals surface area contributed by atoms with E-state index in [9.17, 15) is 14.0 Å². The Balaban J connectivity index is 1.61. The molecule has 0 radical (unpaired) electrons. The van der Waals surface area contributed by atoms with Crippen molar-refractivity contribution in [2.75, 3.05) is 9.80 Å². The van der Waals surface area contributed by atoms with Crippen LogP contribution < -0.4 is 9.80 Å². The summed E-state index contributed by atoms with van der Waals surface area (Å²) in [5, 5.41) is 0. The predicted molar refractivity (Wildman–Crippen MR) is 146 cm³/mol. The number of carbonyl (C=O) groups is 2. The number of rotatable bonds is 4. The molecule has 2 aliphatic heterocycles. The minimum Gasteiger partial charge on any atom is -0.295 e. The molecule has 4 aromatic carbocycles. The van der Waals surface area contributed by atoms with Crippen LogP contribution in [0, 0.1) is 5.82 Å². The van der Waals surface area contributed by atoms with E-state index in [0.29, 0.717) is 28.1 Å². The van der Waals surface area contributed by atoms with Gasteiger partial charge >= 0.3 is 0 Å². The zero-order valence-corrected chi connectivity index (χ0v) is 21.1. The van der Waals surface area contributed by atoms with Crippen molar-refractivity contribution in [2.45, 2.75) is 6.04 Å². The number of anilines is 2. The summed E-state index contributed by atoms with van der Waals surface area (Å²) >= 11 is 3.50. The number of hydrogen-bond acceptors (Lipinski definition) is 2. The first kappa shape index (κ1) is 23.1. The Kier molecular flexibility index (Phi) is 5.81. The summed E-state index contributed by atoms with van der Waals surface area (Å²) in [5.41, 5.74) is 4.27. The highest BCUT2D eigenvalue weighted by molar-refractivity contribution is 9.10. The summed E-state index contributed by atoms with van der Waals surface area (Å²) in [6.07, 6.45) is 1.74. The molecule has 0 aromatic heterocycles. The molecule has 4 nitrogen and oxygen atoms in total. The van der Waals surface area contributed by atoms with Crippen LogP contribution in [0.25, 0.3) is 6.08 Å². The Labute approximate surface area is 222 Å². The van der Waals surface area contributed by atoms with Crippen LogP contribution >= 0.6 is 15.9 Å². The molecule has 2 aliphatic rings. The van der Waals surface area contributed by atoms with Crippen molar-refractivity contribution in [3.05, 3.63) is 147 Å². The number of amides is 2. The highest BCUT2D eigenvalue weighted by Gasteiger charge is 2.52. The number of halogens is 2. The third kappa shape index (κ3) is 3.99. The molecule has 0 N–H and O–H groups in total. The Hall–Kier alpha value is -4.29. The van der Waals surface area contributed by atoms with E-state index >= 15 is 0 Å². The molecule has 0 saturated heterocycles. The lowest BCUT2D eigenvalue weighted by molar-refractivity contribution is -0.118. The van der Waals surface area contributed by atoms with Gasteiger partial charge in [0.2, 0.25) is 0 Å². The average Bonchev–Trinajstić information content (AvgIpc) is 3.37. The second-order valence-corrected chi connectivity index (χ2v) is 9.73. The van der Waals surface area contributed by atoms with Crippen molar-refractivity contribution in [1.29, 1.82) is 0 Å². The number of hydrogen-bond donors (Lipinski definition) is 0. The van der Waals surface area contributed by atoms with E-state index in [4.69, 9.17) is 0 Å². The van der Waals surface area contributed by atoms with Gasteiger partial charge in [0.05, 0.1) is 6.04 Å². The lowest BCUT2D eigenvalue weighted by Gasteiger charge is -2.30. The molecule has 6 heteroatoms. The third-order valence-corrected chi connectivity index (χ3v) is 7.10. The van der Waals surface area contributed by atoms with Gasteiger partial charge in [0, 0.05) is 27.0 Å². The minimum absolute atomic E-state index is 0.256. The van der Waals surface area contributed by atoms with Gasteiger partial charge in [-0.3, -0.25) is 19.4 Å². The molecule has 0 fully saturated rings. The van der Waals surface area contributed by atoms with E-state index < -0.39 is 6.04 Å². The van der Waals surface area contributed by atoms with Gasteiger partial charge in [-0.2, -0.15) is 0 Å². The molecule has 0 unspecified atom stereocenters. The van der Waals surface area contributed by atoms with Gasteiger partial charge in [-0.05, 0) is 65.7 Å². The van der Waals surface area contributed by atoms with Crippen LogP contribution in [0.4, 0.5) is 15.8 Å². The molecule has 2 heterocycles. The predicted octanol–water partition coefficient (Wildman–Crippen LogP) is 7.06. The second-order valence-electron chi connectivity index (χ2n) is 8.81. The van der Waals surface area contributed by atoms with Gasteiger partial charge in [-0.25, -0.2) is 4.39 Å². The van der Waals surface area contributed by atoms with Crippen LogP contribution in [0.1, 0.15) is 17.2 Å². The first-order valence-corrected chi connectivity index (χ1v) is 12.6. The van der Waals surface area contributed by atoms with E-state index in [1.807, 2.05) is 84.9 Å². The van der Waals surface area contributed by atoms with Crippen LogP contribution in [-0.2, 0) is 9.59 Å². The van der Waals surface area contributed by atoms with E-state index in [1.54, 1.807) is 23.1 Å². The van der Waals surface area contributed by atoms with Gasteiger partial charge in [0.15, 0.2) is 0 Å². The zero-order chi connectivity index (χ0) is 25.5. The van der Waals surface area contributed by atoms with Crippen LogP contribution in [0.2, 0.25) is 0 Å². The lowest BCUT2D eigenvalue weighted by Crippen LogP contribution is -2.38. The molecule has 0 aliphatic carbocycles. The van der Waals surface area contributed by atoms with Crippen molar-refractivity contribution in [3.63, 3.8) is 0 Å². The molecule has 180 valence electrons. The zero-order valence-electron chi connectivity index (χ0n) is 19.5. The molecule has 0 bridgehead atoms. The molecule has 0 spiro atoms. The number of para-hydroxylation sites is 2. The first-order chi connectivity index (χ1) is 18.0. The normalized spacial score (nSPS) is 18.2. The van der Waals surface area contributed by atoms with Gasteiger partial charge < -0.3 is 0 Å². The Morgan fingerprint density at radius 1 is 0.703 bits per heavy atom. The van der Waals surface area contributed by atoms with Gasteiger partial charge in [-0.1, -0.05) is 76.6 Å². The number of nitrogens with zero attached hydrogens (tertiary/aromatic N) is 2. The van der Waals surface area contributed by atoms with Crippen LogP contribution in [-0.4, -0.2) is 11.8 Å². The molecule has 4 aromatic rings. The van der Waals surface area contributed by atoms with Crippen LogP contribution in [0.5, 0.6) is 0 Å². The highest BCUT2D eigenvalue weighted by atomic mass is 79.9. The monoisotopic (exact) mass is 550 g/mol. The fourth-order valence-corrected chi connectivity index (χ4v) is 5.20. The summed E-state index contributed by atoms with van der Waals surface area (Å²) in [6.45, 7) is 0. The molecule has 0 saturated carbocycles. The number of benzene rings is 4. The quantitative estimate of drug-likeness (QED) is 0.255. The van der Waals surface area contributed by atoms with Crippen LogP contribution in [0.15, 0.2) is 131 Å². The van der Waals surface area contributed by atoms with Gasteiger partial charge in [0.1, 0.15) is 11.5 Å². The summed E-state index contributed by atoms with van der Waals surface area (Å²) in [7, 11) is 0. The first-order valence-electron chi connectivity index (χ1n) is 11.8. The maximum atomic E-state index is 14.2. The van der Waals surface area contributed by atoms with Crippen molar-refractivity contribution >= 4 is 45.2 Å². The standard InChI is InChI=1S/C31H20BrFN2O2/c32-22-15-13-21(14-16-22)28-27-26(19-20-11-17-23(33)18-12-20)30(36)35(25-9-5-2-6-10-25)29(27)31(37)34(28)24-7-3-1-4-8-24/h1-19,28H/b26-19+/t28-/m1/s1. The Bertz CT molecular complexity index is 1560. The number of carbonyl (C=O) groups excluding carboxylic acids is 2. The fourth-order valence-electron chi connectivity index (χ4n) is 4.94. The van der Waals surface area contributed by atoms with E-state index in [-0.39, 0.29) is 17.6 Å². The topological polar surface area (TPSA) is 40.6 Å². The van der Waals surface area contributed by atoms with Crippen molar-refractivity contribution in [1.82, 2.24) is 0 Å². The average molecular weight is 551 g/mol. The van der Waals surface area contributed by atoms with Crippen LogP contribution in [0.3, 0.4) is 0 Å². The smallest absolute Gasteiger partial charge is 0.276 e. The molecule has 1 atom stereocenters. The third-order valence-electron chi connectivity index (χ3n) is 6.57. The van der Waals surface area contributed by atoms with E-state index in [0.717, 1.165) is 15.7 Å². The Morgan fingerprint density at radius 3 is 1.92 bits per heavy atom. The molecular weight excluding hydrogens is 531 g/mol. The SMILES string of the molecule is O=C1/C(=C/c2ccc(F)cc2)C2=C(C(=O)N(c3ccccc3)[C@@H]2c2ccc(Br)cc2)N1c1ccccc1. The van der Waals surface area contributed by atoms with Crippen molar-refractivity contribution in [3.8, 4) is 0 Å². The minimum atomic E-state index is -0.526. The molecule has 2 amide bonds. The Morgan fingerprint density at radius 2 is 1.30 bits per heavy atom. The summed E-state index contributed by atoms with van der Waals surface area (Å²) < 4.78 is 14.5. The summed E-state index contributed by atoms with van der Waals surface area (Å²) in [6, 6.07) is 31.9. The fraction of sp³-hybridized carbons (Fsp3) is 0.0323. The van der Waals surface area contributed by atoms with Gasteiger partial charge in [-0.15, -0.1) is 0 Å². The second kappa shape index (κ2) is 9.30. The molecular formula is C31H20BrFN2O2. The van der Waals surface area contributed by atoms with Crippen molar-refractivity contribution in [2.24, 2.45) is 0 Å². The summed E-state index contributed by atoms with van der Waals surface area (Å²) in [4.78, 5) is 31.4. The lowest BCUT2D eigenvalue weighted by atomic mass is 9.93. The largest absolute Gasteiger partial charge is 0.295 e. The summed E-state index contributed by atoms with van der Waals surface area (Å²) in [5.74, 6) is -0.901. The van der Waals surface area contributed by atoms with E-state index in [1.165, 1.54) is 17.0 Å².